The fourth-order valence-corrected chi connectivity index (χ4v) is 10.9. The monoisotopic (exact) mass is 964 g/mol. The Kier molecular flexibility index (Phi) is 15.3. The number of nitrogens with zero attached hydrogens (tertiary/aromatic N) is 2. The Bertz CT molecular complexity index is 2400. The normalized spacial score (nSPS) is 24.9. The average molecular weight is 965 g/mol. The van der Waals surface area contributed by atoms with Crippen LogP contribution in [0.15, 0.2) is 91.0 Å². The molecule has 4 aliphatic heterocycles. The number of benzene rings is 4. The van der Waals surface area contributed by atoms with Crippen molar-refractivity contribution < 1.29 is 49.8 Å². The van der Waals surface area contributed by atoms with Gasteiger partial charge in [0, 0.05) is 25.2 Å². The van der Waals surface area contributed by atoms with Gasteiger partial charge >= 0.3 is 12.4 Å². The second kappa shape index (κ2) is 20.9. The van der Waals surface area contributed by atoms with E-state index < -0.39 is 34.5 Å². The quantitative estimate of drug-likeness (QED) is 0.138. The largest absolute Gasteiger partial charge is 0.416 e. The molecule has 4 fully saturated rings. The first kappa shape index (κ1) is 50.6. The number of rotatable bonds is 12. The summed E-state index contributed by atoms with van der Waals surface area (Å²) in [7, 11) is 0. The van der Waals surface area contributed by atoms with Gasteiger partial charge in [0.05, 0.1) is 36.4 Å². The molecule has 0 saturated carbocycles. The lowest BCUT2D eigenvalue weighted by Gasteiger charge is -2.47. The van der Waals surface area contributed by atoms with Gasteiger partial charge in [-0.2, -0.15) is 26.3 Å². The van der Waals surface area contributed by atoms with Gasteiger partial charge in [-0.15, -0.1) is 0 Å². The van der Waals surface area contributed by atoms with Crippen LogP contribution < -0.4 is 10.6 Å². The average Bonchev–Trinajstić information content (AvgIpc) is 3.35. The lowest BCUT2D eigenvalue weighted by Crippen LogP contribution is -2.57. The highest BCUT2D eigenvalue weighted by molar-refractivity contribution is 5.85. The van der Waals surface area contributed by atoms with Gasteiger partial charge in [-0.3, -0.25) is 19.4 Å². The first-order chi connectivity index (χ1) is 32.8. The van der Waals surface area contributed by atoms with E-state index in [1.165, 1.54) is 18.2 Å². The molecular formula is C54H63F7N4O4. The van der Waals surface area contributed by atoms with E-state index in [1.807, 2.05) is 44.2 Å². The molecule has 372 valence electrons. The minimum Gasteiger partial charge on any atom is -0.379 e. The number of nitrogens with one attached hydrogen (secondary N) is 2. The zero-order valence-electron chi connectivity index (χ0n) is 39.5. The van der Waals surface area contributed by atoms with E-state index in [0.29, 0.717) is 54.2 Å². The van der Waals surface area contributed by atoms with Gasteiger partial charge in [0.2, 0.25) is 5.91 Å². The number of halogens is 7. The molecule has 4 aromatic rings. The van der Waals surface area contributed by atoms with Gasteiger partial charge in [-0.05, 0) is 172 Å². The van der Waals surface area contributed by atoms with Crippen LogP contribution in [-0.4, -0.2) is 85.3 Å². The van der Waals surface area contributed by atoms with Crippen LogP contribution in [-0.2, 0) is 44.5 Å². The number of likely N-dealkylation sites (tertiary alicyclic amines) is 2. The molecule has 4 aromatic carbocycles. The van der Waals surface area contributed by atoms with E-state index in [2.05, 4.69) is 20.4 Å². The van der Waals surface area contributed by atoms with Crippen LogP contribution in [0.3, 0.4) is 0 Å². The van der Waals surface area contributed by atoms with Crippen molar-refractivity contribution in [1.82, 2.24) is 20.4 Å². The molecule has 4 atom stereocenters. The Morgan fingerprint density at radius 1 is 0.667 bits per heavy atom. The van der Waals surface area contributed by atoms with Crippen LogP contribution in [0.5, 0.6) is 0 Å². The Hall–Kier alpha value is -4.83. The molecule has 8 nitrogen and oxygen atoms in total. The predicted molar refractivity (Wildman–Crippen MR) is 249 cm³/mol. The van der Waals surface area contributed by atoms with Crippen molar-refractivity contribution in [2.75, 3.05) is 46.0 Å². The molecule has 0 radical (unpaired) electrons. The van der Waals surface area contributed by atoms with Crippen molar-refractivity contribution in [2.45, 2.75) is 121 Å². The first-order valence-electron chi connectivity index (χ1n) is 24.3. The molecule has 0 unspecified atom stereocenters. The summed E-state index contributed by atoms with van der Waals surface area (Å²) in [5.41, 5.74) is 0.319. The van der Waals surface area contributed by atoms with Crippen LogP contribution in [0.2, 0.25) is 0 Å². The van der Waals surface area contributed by atoms with E-state index in [4.69, 9.17) is 9.47 Å². The SMILES string of the molecule is CC(C)[C@@]1(C(=O)NCc2cccc(C(F)(F)F)c2)COC[C@H](N2CCC(c3cccc(-c4cc(CNC(=O)[C@@]5(C)CC[C@@H](N6CCC(c7ccc(F)cc7)CC6)CO5)cc(C(F)(F)F)c4)c3)CC2)C1. The van der Waals surface area contributed by atoms with Gasteiger partial charge in [-0.25, -0.2) is 4.39 Å². The molecular weight excluding hydrogens is 902 g/mol. The maximum absolute atomic E-state index is 14.4. The molecule has 2 N–H and O–H groups in total. The number of carbonyl (C=O) groups is 2. The van der Waals surface area contributed by atoms with Gasteiger partial charge in [0.1, 0.15) is 11.4 Å². The third-order valence-corrected chi connectivity index (χ3v) is 15.5. The highest BCUT2D eigenvalue weighted by Crippen LogP contribution is 2.42. The standard InChI is InChI=1S/C54H63F7N4O4/c1-35(2)52(50(67)63-30-36-6-4-9-44(25-36)53(56,57)58)29-48(32-68-34-52)65-22-17-40(18-23-65)41-7-5-8-42(27-41)43-24-37(26-45(28-43)54(59,60)61)31-62-49(66)51(3)19-14-47(33-69-51)64-20-15-39(16-21-64)38-10-12-46(55)13-11-38/h4-13,24-28,35,39-40,47-48H,14-23,29-34H2,1-3H3,(H,62,66)(H,63,67)/t47-,48-,51-,52+/m1/s1. The van der Waals surface area contributed by atoms with Crippen molar-refractivity contribution >= 4 is 11.8 Å². The predicted octanol–water partition coefficient (Wildman–Crippen LogP) is 10.9. The zero-order chi connectivity index (χ0) is 49.1. The second-order valence-corrected chi connectivity index (χ2v) is 20.2. The molecule has 0 aliphatic carbocycles. The van der Waals surface area contributed by atoms with Crippen LogP contribution >= 0.6 is 0 Å². The highest BCUT2D eigenvalue weighted by atomic mass is 19.4. The summed E-state index contributed by atoms with van der Waals surface area (Å²) in [6, 6.07) is 23.3. The molecule has 69 heavy (non-hydrogen) atoms. The van der Waals surface area contributed by atoms with Gasteiger partial charge < -0.3 is 20.1 Å². The summed E-state index contributed by atoms with van der Waals surface area (Å²) in [4.78, 5) is 32.2. The lowest BCUT2D eigenvalue weighted by atomic mass is 9.70. The minimum absolute atomic E-state index is 0.0375. The van der Waals surface area contributed by atoms with Crippen LogP contribution in [0.1, 0.15) is 111 Å². The van der Waals surface area contributed by atoms with Crippen molar-refractivity contribution in [3.8, 4) is 11.1 Å². The summed E-state index contributed by atoms with van der Waals surface area (Å²) in [5.74, 6) is -0.448. The highest BCUT2D eigenvalue weighted by Gasteiger charge is 2.48. The molecule has 4 heterocycles. The van der Waals surface area contributed by atoms with E-state index in [9.17, 15) is 40.3 Å². The van der Waals surface area contributed by atoms with Crippen LogP contribution in [0.4, 0.5) is 30.7 Å². The molecule has 0 bridgehead atoms. The summed E-state index contributed by atoms with van der Waals surface area (Å²) < 4.78 is 109. The summed E-state index contributed by atoms with van der Waals surface area (Å²) in [6.45, 7) is 9.74. The fourth-order valence-electron chi connectivity index (χ4n) is 10.9. The maximum atomic E-state index is 14.4. The molecule has 4 aliphatic rings. The number of hydrogen-bond acceptors (Lipinski definition) is 6. The number of hydrogen-bond donors (Lipinski definition) is 2. The maximum Gasteiger partial charge on any atom is 0.416 e. The summed E-state index contributed by atoms with van der Waals surface area (Å²) >= 11 is 0. The van der Waals surface area contributed by atoms with Crippen molar-refractivity contribution in [1.29, 1.82) is 0 Å². The van der Waals surface area contributed by atoms with Gasteiger partial charge in [-0.1, -0.05) is 62.4 Å². The Morgan fingerprint density at radius 3 is 1.91 bits per heavy atom. The zero-order valence-corrected chi connectivity index (χ0v) is 39.5. The fraction of sp³-hybridized carbons (Fsp3) is 0.519. The molecule has 2 amide bonds. The topological polar surface area (TPSA) is 83.1 Å². The summed E-state index contributed by atoms with van der Waals surface area (Å²) in [6.07, 6.45) is -3.87. The molecule has 4 saturated heterocycles. The Morgan fingerprint density at radius 2 is 1.28 bits per heavy atom. The van der Waals surface area contributed by atoms with Crippen molar-refractivity contribution in [2.24, 2.45) is 11.3 Å². The first-order valence-corrected chi connectivity index (χ1v) is 24.3. The number of alkyl halides is 6. The lowest BCUT2D eigenvalue weighted by molar-refractivity contribution is -0.157. The van der Waals surface area contributed by atoms with E-state index in [0.717, 1.165) is 93.7 Å². The molecule has 0 spiro atoms. The smallest absolute Gasteiger partial charge is 0.379 e. The molecule has 8 rings (SSSR count). The van der Waals surface area contributed by atoms with Crippen molar-refractivity contribution in [3.63, 3.8) is 0 Å². The van der Waals surface area contributed by atoms with Crippen molar-refractivity contribution in [3.05, 3.63) is 130 Å². The van der Waals surface area contributed by atoms with E-state index in [-0.39, 0.29) is 61.2 Å². The van der Waals surface area contributed by atoms with E-state index in [1.54, 1.807) is 25.1 Å². The van der Waals surface area contributed by atoms with Crippen LogP contribution in [0.25, 0.3) is 11.1 Å². The van der Waals surface area contributed by atoms with E-state index >= 15 is 0 Å². The molecule has 15 heteroatoms. The Labute approximate surface area is 400 Å². The number of carbonyl (C=O) groups excluding carboxylic acids is 2. The Balaban J connectivity index is 0.858. The third-order valence-electron chi connectivity index (χ3n) is 15.5. The van der Waals surface area contributed by atoms with Crippen LogP contribution in [0, 0.1) is 17.2 Å². The third kappa shape index (κ3) is 11.9. The van der Waals surface area contributed by atoms with Gasteiger partial charge in [0.15, 0.2) is 0 Å². The summed E-state index contributed by atoms with van der Waals surface area (Å²) in [5, 5.41) is 5.78. The number of ether oxygens (including phenoxy) is 2. The number of amides is 2. The second-order valence-electron chi connectivity index (χ2n) is 20.2. The minimum atomic E-state index is -4.61. The van der Waals surface area contributed by atoms with Gasteiger partial charge in [0.25, 0.3) is 5.91 Å². The molecule has 0 aromatic heterocycles. The number of piperidine rings is 2.